The summed E-state index contributed by atoms with van der Waals surface area (Å²) in [7, 11) is 0. The number of hydrogen-bond acceptors (Lipinski definition) is 5. The normalized spacial score (nSPS) is 13.7. The van der Waals surface area contributed by atoms with Crippen molar-refractivity contribution in [3.05, 3.63) is 83.3 Å². The number of carboxylic acid groups (broad SMARTS) is 1. The quantitative estimate of drug-likeness (QED) is 0.635. The number of aromatic nitrogens is 1. The Bertz CT molecular complexity index is 1120. The Morgan fingerprint density at radius 1 is 0.938 bits per heavy atom. The summed E-state index contributed by atoms with van der Waals surface area (Å²) in [6.45, 7) is 4.81. The molecule has 32 heavy (non-hydrogen) atoms. The van der Waals surface area contributed by atoms with Gasteiger partial charge in [-0.05, 0) is 61.0 Å². The molecule has 3 aromatic rings. The third kappa shape index (κ3) is 4.69. The number of carbonyl (C=O) groups is 2. The van der Waals surface area contributed by atoms with Crippen molar-refractivity contribution in [3.63, 3.8) is 0 Å². The standard InChI is InChI=1S/C24H23FN4O3/c1-16-2-8-21(20(25)14-16)27-23(30)18-5-9-22(26-15-18)29-12-10-28(11-13-29)19-6-3-17(4-7-19)24(31)32/h2-9,14-15H,10-13H2,1H3,(H,27,30)(H,31,32). The number of rotatable bonds is 5. The summed E-state index contributed by atoms with van der Waals surface area (Å²) in [6, 6.07) is 15.0. The van der Waals surface area contributed by atoms with Gasteiger partial charge in [0.05, 0.1) is 16.8 Å². The molecule has 0 radical (unpaired) electrons. The van der Waals surface area contributed by atoms with Crippen LogP contribution >= 0.6 is 0 Å². The zero-order valence-corrected chi connectivity index (χ0v) is 17.6. The fourth-order valence-corrected chi connectivity index (χ4v) is 3.63. The first-order valence-corrected chi connectivity index (χ1v) is 10.3. The van der Waals surface area contributed by atoms with E-state index in [9.17, 15) is 14.0 Å². The van der Waals surface area contributed by atoms with Gasteiger partial charge in [0, 0.05) is 38.1 Å². The van der Waals surface area contributed by atoms with Crippen molar-refractivity contribution >= 4 is 29.1 Å². The molecule has 0 spiro atoms. The molecule has 0 unspecified atom stereocenters. The molecule has 4 rings (SSSR count). The van der Waals surface area contributed by atoms with Gasteiger partial charge < -0.3 is 20.2 Å². The van der Waals surface area contributed by atoms with Gasteiger partial charge in [-0.3, -0.25) is 4.79 Å². The van der Waals surface area contributed by atoms with Crippen molar-refractivity contribution in [2.24, 2.45) is 0 Å². The first-order chi connectivity index (χ1) is 15.4. The molecule has 1 saturated heterocycles. The monoisotopic (exact) mass is 434 g/mol. The third-order valence-corrected chi connectivity index (χ3v) is 5.47. The number of nitrogens with one attached hydrogen (secondary N) is 1. The van der Waals surface area contributed by atoms with E-state index in [4.69, 9.17) is 5.11 Å². The van der Waals surface area contributed by atoms with Crippen molar-refractivity contribution in [1.82, 2.24) is 4.98 Å². The van der Waals surface area contributed by atoms with E-state index in [-0.39, 0.29) is 11.3 Å². The first-order valence-electron chi connectivity index (χ1n) is 10.3. The van der Waals surface area contributed by atoms with Crippen LogP contribution in [0, 0.1) is 12.7 Å². The predicted octanol–water partition coefficient (Wildman–Crippen LogP) is 3.81. The average molecular weight is 434 g/mol. The van der Waals surface area contributed by atoms with Crippen LogP contribution in [0.3, 0.4) is 0 Å². The van der Waals surface area contributed by atoms with E-state index in [0.717, 1.165) is 43.2 Å². The fourth-order valence-electron chi connectivity index (χ4n) is 3.63. The van der Waals surface area contributed by atoms with Gasteiger partial charge in [-0.1, -0.05) is 6.07 Å². The second-order valence-corrected chi connectivity index (χ2v) is 7.67. The van der Waals surface area contributed by atoms with Gasteiger partial charge in [-0.25, -0.2) is 14.2 Å². The lowest BCUT2D eigenvalue weighted by atomic mass is 10.2. The van der Waals surface area contributed by atoms with Gasteiger partial charge in [-0.2, -0.15) is 0 Å². The zero-order valence-electron chi connectivity index (χ0n) is 17.6. The Morgan fingerprint density at radius 2 is 1.59 bits per heavy atom. The number of carbonyl (C=O) groups excluding carboxylic acids is 1. The molecule has 0 aliphatic carbocycles. The summed E-state index contributed by atoms with van der Waals surface area (Å²) in [4.78, 5) is 32.2. The number of nitrogens with zero attached hydrogens (tertiary/aromatic N) is 3. The minimum absolute atomic E-state index is 0.136. The van der Waals surface area contributed by atoms with Crippen molar-refractivity contribution in [2.75, 3.05) is 41.3 Å². The molecular formula is C24H23FN4O3. The third-order valence-electron chi connectivity index (χ3n) is 5.47. The SMILES string of the molecule is Cc1ccc(NC(=O)c2ccc(N3CCN(c4ccc(C(=O)O)cc4)CC3)nc2)c(F)c1. The van der Waals surface area contributed by atoms with Crippen LogP contribution in [0.15, 0.2) is 60.8 Å². The van der Waals surface area contributed by atoms with E-state index in [1.165, 1.54) is 12.3 Å². The molecule has 8 heteroatoms. The van der Waals surface area contributed by atoms with Crippen molar-refractivity contribution in [2.45, 2.75) is 6.92 Å². The number of halogens is 1. The number of hydrogen-bond donors (Lipinski definition) is 2. The van der Waals surface area contributed by atoms with Crippen LogP contribution in [-0.4, -0.2) is 48.1 Å². The Labute approximate surface area is 185 Å². The highest BCUT2D eigenvalue weighted by atomic mass is 19.1. The van der Waals surface area contributed by atoms with Gasteiger partial charge in [-0.15, -0.1) is 0 Å². The second-order valence-electron chi connectivity index (χ2n) is 7.67. The van der Waals surface area contributed by atoms with Crippen LogP contribution in [0.4, 0.5) is 21.6 Å². The molecule has 164 valence electrons. The van der Waals surface area contributed by atoms with E-state index >= 15 is 0 Å². The number of anilines is 3. The Balaban J connectivity index is 1.35. The summed E-state index contributed by atoms with van der Waals surface area (Å²) in [5.74, 6) is -1.06. The van der Waals surface area contributed by atoms with Gasteiger partial charge in [0.15, 0.2) is 0 Å². The molecule has 1 aliphatic rings. The number of aryl methyl sites for hydroxylation is 1. The minimum atomic E-state index is -0.937. The van der Waals surface area contributed by atoms with Crippen molar-refractivity contribution < 1.29 is 19.1 Å². The highest BCUT2D eigenvalue weighted by Gasteiger charge is 2.19. The maximum Gasteiger partial charge on any atom is 0.335 e. The highest BCUT2D eigenvalue weighted by Crippen LogP contribution is 2.21. The molecule has 0 atom stereocenters. The maximum absolute atomic E-state index is 14.0. The Morgan fingerprint density at radius 3 is 2.19 bits per heavy atom. The number of pyridine rings is 1. The van der Waals surface area contributed by atoms with Crippen LogP contribution in [0.25, 0.3) is 0 Å². The van der Waals surface area contributed by atoms with Gasteiger partial charge >= 0.3 is 5.97 Å². The van der Waals surface area contributed by atoms with E-state index < -0.39 is 17.7 Å². The lowest BCUT2D eigenvalue weighted by Gasteiger charge is -2.36. The number of benzene rings is 2. The largest absolute Gasteiger partial charge is 0.478 e. The highest BCUT2D eigenvalue weighted by molar-refractivity contribution is 6.04. The second kappa shape index (κ2) is 9.05. The first kappa shape index (κ1) is 21.3. The minimum Gasteiger partial charge on any atom is -0.478 e. The molecule has 2 aromatic carbocycles. The molecule has 2 heterocycles. The summed E-state index contributed by atoms with van der Waals surface area (Å²) in [5, 5.41) is 11.6. The molecule has 1 aliphatic heterocycles. The van der Waals surface area contributed by atoms with Gasteiger partial charge in [0.2, 0.25) is 0 Å². The molecule has 1 amide bonds. The van der Waals surface area contributed by atoms with Crippen LogP contribution in [0.5, 0.6) is 0 Å². The summed E-state index contributed by atoms with van der Waals surface area (Å²) in [5.41, 5.74) is 2.52. The van der Waals surface area contributed by atoms with Crippen molar-refractivity contribution in [3.8, 4) is 0 Å². The molecule has 2 N–H and O–H groups in total. The van der Waals surface area contributed by atoms with Crippen LogP contribution in [0.2, 0.25) is 0 Å². The molecule has 1 fully saturated rings. The van der Waals surface area contributed by atoms with Crippen LogP contribution in [-0.2, 0) is 0 Å². The zero-order chi connectivity index (χ0) is 22.7. The van der Waals surface area contributed by atoms with Gasteiger partial charge in [0.25, 0.3) is 5.91 Å². The van der Waals surface area contributed by atoms with E-state index in [1.54, 1.807) is 43.3 Å². The number of piperazine rings is 1. The number of aromatic carboxylic acids is 1. The smallest absolute Gasteiger partial charge is 0.335 e. The Kier molecular flexibility index (Phi) is 6.02. The van der Waals surface area contributed by atoms with E-state index in [1.807, 2.05) is 12.1 Å². The van der Waals surface area contributed by atoms with Crippen LogP contribution < -0.4 is 15.1 Å². The molecule has 1 aromatic heterocycles. The Hall–Kier alpha value is -3.94. The number of carboxylic acids is 1. The lowest BCUT2D eigenvalue weighted by Crippen LogP contribution is -2.46. The van der Waals surface area contributed by atoms with Crippen molar-refractivity contribution in [1.29, 1.82) is 0 Å². The molecular weight excluding hydrogens is 411 g/mol. The molecule has 0 bridgehead atoms. The summed E-state index contributed by atoms with van der Waals surface area (Å²) < 4.78 is 14.0. The van der Waals surface area contributed by atoms with E-state index in [2.05, 4.69) is 20.1 Å². The van der Waals surface area contributed by atoms with E-state index in [0.29, 0.717) is 5.56 Å². The predicted molar refractivity (Wildman–Crippen MR) is 121 cm³/mol. The maximum atomic E-state index is 14.0. The van der Waals surface area contributed by atoms with Crippen LogP contribution in [0.1, 0.15) is 26.3 Å². The summed E-state index contributed by atoms with van der Waals surface area (Å²) >= 11 is 0. The fraction of sp³-hybridized carbons (Fsp3) is 0.208. The lowest BCUT2D eigenvalue weighted by molar-refractivity contribution is 0.0696. The molecule has 0 saturated carbocycles. The van der Waals surface area contributed by atoms with Gasteiger partial charge in [0.1, 0.15) is 11.6 Å². The average Bonchev–Trinajstić information content (AvgIpc) is 2.81. The topological polar surface area (TPSA) is 85.8 Å². The summed E-state index contributed by atoms with van der Waals surface area (Å²) in [6.07, 6.45) is 1.49. The molecule has 7 nitrogen and oxygen atoms in total. The number of amides is 1.